The molecule has 7 heteroatoms. The van der Waals surface area contributed by atoms with E-state index >= 15 is 0 Å². The van der Waals surface area contributed by atoms with Gasteiger partial charge in [-0.15, -0.1) is 24.0 Å². The van der Waals surface area contributed by atoms with Crippen LogP contribution in [-0.4, -0.2) is 45.9 Å². The number of hydrogen-bond donors (Lipinski definition) is 2. The van der Waals surface area contributed by atoms with Gasteiger partial charge in [0.05, 0.1) is 6.54 Å². The molecule has 0 saturated heterocycles. The summed E-state index contributed by atoms with van der Waals surface area (Å²) in [6, 6.07) is 6.25. The number of aliphatic imine (C=N–C) groups is 1. The van der Waals surface area contributed by atoms with Gasteiger partial charge in [0.15, 0.2) is 5.96 Å². The van der Waals surface area contributed by atoms with Gasteiger partial charge in [-0.1, -0.05) is 19.4 Å². The lowest BCUT2D eigenvalue weighted by Gasteiger charge is -2.42. The molecule has 0 aromatic heterocycles. The second-order valence-corrected chi connectivity index (χ2v) is 7.01. The van der Waals surface area contributed by atoms with Crippen LogP contribution in [0.4, 0.5) is 4.39 Å². The molecule has 0 spiro atoms. The number of hydrogen-bond acceptors (Lipinski definition) is 3. The highest BCUT2D eigenvalue weighted by atomic mass is 127. The average Bonchev–Trinajstić information content (AvgIpc) is 2.61. The summed E-state index contributed by atoms with van der Waals surface area (Å²) in [4.78, 5) is 4.30. The van der Waals surface area contributed by atoms with Crippen molar-refractivity contribution in [1.29, 1.82) is 0 Å². The lowest BCUT2D eigenvalue weighted by molar-refractivity contribution is 0.0732. The topological polar surface area (TPSA) is 54.9 Å². The van der Waals surface area contributed by atoms with E-state index < -0.39 is 0 Å². The Morgan fingerprint density at radius 3 is 2.67 bits per heavy atom. The third-order valence-electron chi connectivity index (χ3n) is 5.16. The fourth-order valence-electron chi connectivity index (χ4n) is 3.21. The van der Waals surface area contributed by atoms with E-state index in [4.69, 9.17) is 9.47 Å². The summed E-state index contributed by atoms with van der Waals surface area (Å²) in [5.74, 6) is 1.04. The van der Waals surface area contributed by atoms with Crippen molar-refractivity contribution in [2.45, 2.75) is 45.1 Å². The third-order valence-corrected chi connectivity index (χ3v) is 5.16. The van der Waals surface area contributed by atoms with E-state index in [0.717, 1.165) is 32.0 Å². The van der Waals surface area contributed by atoms with Gasteiger partial charge in [-0.2, -0.15) is 0 Å². The normalized spacial score (nSPS) is 16.7. The molecule has 1 aromatic carbocycles. The van der Waals surface area contributed by atoms with Gasteiger partial charge in [0, 0.05) is 33.4 Å². The number of ether oxygens (including phenoxy) is 2. The summed E-state index contributed by atoms with van der Waals surface area (Å²) in [7, 11) is 3.52. The molecular weight excluding hydrogens is 460 g/mol. The smallest absolute Gasteiger partial charge is 0.191 e. The molecule has 154 valence electrons. The minimum Gasteiger partial charge on any atom is -0.489 e. The first kappa shape index (κ1) is 23.9. The molecule has 1 aromatic rings. The molecule has 0 bridgehead atoms. The van der Waals surface area contributed by atoms with Gasteiger partial charge in [-0.25, -0.2) is 4.39 Å². The van der Waals surface area contributed by atoms with Crippen molar-refractivity contribution in [1.82, 2.24) is 10.6 Å². The standard InChI is InChI=1S/C20H32FN3O2.HI/c1-4-17(26-18-8-5-7-16(21)13-18)14-23-19(22-2)24-15-20(9-6-10-20)11-12-25-3;/h5,7-8,13,17H,4,6,9-12,14-15H2,1-3H3,(H2,22,23,24);1H. The third kappa shape index (κ3) is 7.81. The van der Waals surface area contributed by atoms with Crippen LogP contribution in [0.5, 0.6) is 5.75 Å². The maximum absolute atomic E-state index is 13.3. The molecule has 0 amide bonds. The Morgan fingerprint density at radius 1 is 1.33 bits per heavy atom. The fourth-order valence-corrected chi connectivity index (χ4v) is 3.21. The van der Waals surface area contributed by atoms with Crippen molar-refractivity contribution in [3.05, 3.63) is 30.1 Å². The Hall–Kier alpha value is -1.09. The Balaban J connectivity index is 0.00000364. The summed E-state index contributed by atoms with van der Waals surface area (Å²) in [5, 5.41) is 6.76. The quantitative estimate of drug-likeness (QED) is 0.294. The van der Waals surface area contributed by atoms with Gasteiger partial charge in [0.25, 0.3) is 0 Å². The van der Waals surface area contributed by atoms with E-state index in [2.05, 4.69) is 22.5 Å². The summed E-state index contributed by atoms with van der Waals surface area (Å²) >= 11 is 0. The Morgan fingerprint density at radius 2 is 2.11 bits per heavy atom. The van der Waals surface area contributed by atoms with Crippen LogP contribution in [0.15, 0.2) is 29.3 Å². The number of nitrogens with one attached hydrogen (secondary N) is 2. The molecule has 2 N–H and O–H groups in total. The molecular formula is C20H33FIN3O2. The first-order chi connectivity index (χ1) is 12.6. The van der Waals surface area contributed by atoms with Crippen molar-refractivity contribution >= 4 is 29.9 Å². The number of benzene rings is 1. The van der Waals surface area contributed by atoms with Crippen molar-refractivity contribution in [2.24, 2.45) is 10.4 Å². The zero-order valence-corrected chi connectivity index (χ0v) is 18.9. The van der Waals surface area contributed by atoms with Gasteiger partial charge in [0.2, 0.25) is 0 Å². The van der Waals surface area contributed by atoms with Gasteiger partial charge in [-0.05, 0) is 43.2 Å². The van der Waals surface area contributed by atoms with Crippen LogP contribution in [0.1, 0.15) is 39.0 Å². The summed E-state index contributed by atoms with van der Waals surface area (Å²) in [6.07, 6.45) is 5.60. The van der Waals surface area contributed by atoms with Crippen molar-refractivity contribution in [2.75, 3.05) is 33.9 Å². The molecule has 1 unspecified atom stereocenters. The van der Waals surface area contributed by atoms with E-state index in [1.807, 2.05) is 0 Å². The van der Waals surface area contributed by atoms with E-state index in [1.165, 1.54) is 31.4 Å². The minimum atomic E-state index is -0.287. The molecule has 1 aliphatic rings. The highest BCUT2D eigenvalue weighted by molar-refractivity contribution is 14.0. The van der Waals surface area contributed by atoms with Gasteiger partial charge in [0.1, 0.15) is 17.7 Å². The minimum absolute atomic E-state index is 0. The maximum Gasteiger partial charge on any atom is 0.191 e. The summed E-state index contributed by atoms with van der Waals surface area (Å²) in [6.45, 7) is 4.36. The molecule has 1 saturated carbocycles. The highest BCUT2D eigenvalue weighted by Gasteiger charge is 2.36. The molecule has 1 aliphatic carbocycles. The first-order valence-electron chi connectivity index (χ1n) is 9.46. The van der Waals surface area contributed by atoms with Gasteiger partial charge < -0.3 is 20.1 Å². The lowest BCUT2D eigenvalue weighted by Crippen LogP contribution is -2.48. The molecule has 1 atom stereocenters. The highest BCUT2D eigenvalue weighted by Crippen LogP contribution is 2.43. The number of halogens is 2. The zero-order valence-electron chi connectivity index (χ0n) is 16.6. The van der Waals surface area contributed by atoms with E-state index in [0.29, 0.717) is 17.7 Å². The van der Waals surface area contributed by atoms with Crippen molar-refractivity contribution < 1.29 is 13.9 Å². The number of methoxy groups -OCH3 is 1. The second kappa shape index (κ2) is 12.4. The van der Waals surface area contributed by atoms with E-state index in [1.54, 1.807) is 26.3 Å². The predicted octanol–water partition coefficient (Wildman–Crippen LogP) is 3.97. The SMILES string of the molecule is CCC(CNC(=NC)NCC1(CCOC)CCC1)Oc1cccc(F)c1.I. The maximum atomic E-state index is 13.3. The number of rotatable bonds is 10. The predicted molar refractivity (Wildman–Crippen MR) is 119 cm³/mol. The van der Waals surface area contributed by atoms with Crippen LogP contribution in [0.25, 0.3) is 0 Å². The summed E-state index contributed by atoms with van der Waals surface area (Å²) in [5.41, 5.74) is 0.329. The Labute approximate surface area is 179 Å². The van der Waals surface area contributed by atoms with Gasteiger partial charge >= 0.3 is 0 Å². The van der Waals surface area contributed by atoms with E-state index in [9.17, 15) is 4.39 Å². The lowest BCUT2D eigenvalue weighted by atomic mass is 9.67. The average molecular weight is 493 g/mol. The summed E-state index contributed by atoms with van der Waals surface area (Å²) < 4.78 is 24.4. The monoisotopic (exact) mass is 493 g/mol. The molecule has 1 fully saturated rings. The fraction of sp³-hybridized carbons (Fsp3) is 0.650. The zero-order chi connectivity index (χ0) is 18.8. The molecule has 0 radical (unpaired) electrons. The van der Waals surface area contributed by atoms with E-state index in [-0.39, 0.29) is 35.9 Å². The second-order valence-electron chi connectivity index (χ2n) is 7.01. The van der Waals surface area contributed by atoms with Crippen LogP contribution in [-0.2, 0) is 4.74 Å². The Bertz CT molecular complexity index is 582. The van der Waals surface area contributed by atoms with Gasteiger partial charge in [-0.3, -0.25) is 4.99 Å². The van der Waals surface area contributed by atoms with Crippen LogP contribution in [0, 0.1) is 11.2 Å². The van der Waals surface area contributed by atoms with Crippen molar-refractivity contribution in [3.63, 3.8) is 0 Å². The molecule has 0 aliphatic heterocycles. The van der Waals surface area contributed by atoms with Crippen LogP contribution in [0.3, 0.4) is 0 Å². The molecule has 5 nitrogen and oxygen atoms in total. The van der Waals surface area contributed by atoms with Crippen LogP contribution in [0.2, 0.25) is 0 Å². The van der Waals surface area contributed by atoms with Crippen molar-refractivity contribution in [3.8, 4) is 5.75 Å². The molecule has 2 rings (SSSR count). The largest absolute Gasteiger partial charge is 0.489 e. The molecule has 0 heterocycles. The van der Waals surface area contributed by atoms with Crippen LogP contribution < -0.4 is 15.4 Å². The number of nitrogens with zero attached hydrogens (tertiary/aromatic N) is 1. The molecule has 27 heavy (non-hydrogen) atoms. The first-order valence-corrected chi connectivity index (χ1v) is 9.46. The number of guanidine groups is 1. The van der Waals surface area contributed by atoms with Crippen LogP contribution >= 0.6 is 24.0 Å². The Kier molecular flexibility index (Phi) is 11.0.